The molecule has 1 heterocycles. The second kappa shape index (κ2) is 16.0. The zero-order valence-electron chi connectivity index (χ0n) is 15.2. The van der Waals surface area contributed by atoms with Crippen LogP contribution in [0.2, 0.25) is 0 Å². The van der Waals surface area contributed by atoms with Gasteiger partial charge in [0.1, 0.15) is 12.1 Å². The number of aromatic nitrogens is 2. The molecular formula is C14H28N8O6. The maximum Gasteiger partial charge on any atom is 0.320 e. The van der Waals surface area contributed by atoms with Crippen LogP contribution >= 0.6 is 0 Å². The summed E-state index contributed by atoms with van der Waals surface area (Å²) in [6.07, 6.45) is 4.36. The van der Waals surface area contributed by atoms with Gasteiger partial charge in [0, 0.05) is 19.2 Å². The largest absolute Gasteiger partial charge is 0.480 e. The van der Waals surface area contributed by atoms with Crippen LogP contribution in [0.3, 0.4) is 0 Å². The van der Waals surface area contributed by atoms with E-state index in [4.69, 9.17) is 37.9 Å². The Morgan fingerprint density at radius 1 is 1.18 bits per heavy atom. The first-order valence-electron chi connectivity index (χ1n) is 7.95. The molecule has 0 aliphatic rings. The summed E-state index contributed by atoms with van der Waals surface area (Å²) in [6.45, 7) is 0.205. The summed E-state index contributed by atoms with van der Waals surface area (Å²) in [5, 5.41) is 33.7. The third-order valence-electron chi connectivity index (χ3n) is 2.80. The summed E-state index contributed by atoms with van der Waals surface area (Å²) in [7, 11) is 0. The number of carboxylic acids is 3. The topological polar surface area (TPSA) is 281 Å². The molecule has 0 spiro atoms. The Morgan fingerprint density at radius 3 is 2.07 bits per heavy atom. The molecule has 2 atom stereocenters. The van der Waals surface area contributed by atoms with Crippen LogP contribution in [0.15, 0.2) is 12.5 Å². The van der Waals surface area contributed by atoms with E-state index < -0.39 is 30.0 Å². The van der Waals surface area contributed by atoms with Crippen molar-refractivity contribution in [2.24, 2.45) is 22.9 Å². The minimum Gasteiger partial charge on any atom is -0.480 e. The predicted octanol–water partition coefficient (Wildman–Crippen LogP) is -2.94. The Hall–Kier alpha value is -3.23. The summed E-state index contributed by atoms with van der Waals surface area (Å²) >= 11 is 0. The minimum absolute atomic E-state index is 0.112. The van der Waals surface area contributed by atoms with Gasteiger partial charge in [-0.15, -0.1) is 0 Å². The molecule has 0 aromatic carbocycles. The molecule has 1 aromatic rings. The van der Waals surface area contributed by atoms with Crippen LogP contribution in [-0.2, 0) is 20.8 Å². The Balaban J connectivity index is 0. The zero-order chi connectivity index (χ0) is 22.1. The Kier molecular flexibility index (Phi) is 15.4. The van der Waals surface area contributed by atoms with Crippen LogP contribution in [0, 0.1) is 5.41 Å². The number of nitrogens with zero attached hydrogens (tertiary/aromatic N) is 1. The van der Waals surface area contributed by atoms with E-state index in [-0.39, 0.29) is 18.9 Å². The van der Waals surface area contributed by atoms with Gasteiger partial charge in [-0.05, 0) is 12.8 Å². The first-order chi connectivity index (χ1) is 13.0. The van der Waals surface area contributed by atoms with Gasteiger partial charge in [0.2, 0.25) is 0 Å². The van der Waals surface area contributed by atoms with Gasteiger partial charge in [-0.2, -0.15) is 0 Å². The van der Waals surface area contributed by atoms with Gasteiger partial charge >= 0.3 is 17.9 Å². The van der Waals surface area contributed by atoms with Crippen LogP contribution in [-0.4, -0.2) is 74.3 Å². The fraction of sp³-hybridized carbons (Fsp3) is 0.500. The van der Waals surface area contributed by atoms with Crippen molar-refractivity contribution in [2.45, 2.75) is 31.3 Å². The van der Waals surface area contributed by atoms with Gasteiger partial charge in [0.05, 0.1) is 18.6 Å². The third-order valence-corrected chi connectivity index (χ3v) is 2.80. The third kappa shape index (κ3) is 17.6. The summed E-state index contributed by atoms with van der Waals surface area (Å²) in [5.74, 6) is -3.09. The lowest BCUT2D eigenvalue weighted by molar-refractivity contribution is -0.139. The standard InChI is InChI=1S/C6H14N4O2.C6H9N3O2.C2H5NO2/c7-4(5(11)12)2-1-3-10-6(8)9;7-5(6(10)11)1-4-2-8-3-9-4;3-1-2(4)5/h4H,1-3,7H2,(H,11,12)(H4,8,9,10);2-3,5H,1,7H2,(H,8,9)(H,10,11);1,3H2,(H,4,5)/t4-;5-;/m00./s1. The number of carboxylic acid groups (broad SMARTS) is 3. The normalized spacial score (nSPS) is 11.5. The lowest BCUT2D eigenvalue weighted by atomic mass is 10.2. The molecule has 0 saturated heterocycles. The number of H-pyrrole nitrogens is 1. The minimum atomic E-state index is -1.01. The average molecular weight is 404 g/mol. The van der Waals surface area contributed by atoms with Crippen molar-refractivity contribution in [3.63, 3.8) is 0 Å². The lowest BCUT2D eigenvalue weighted by Crippen LogP contribution is -2.34. The average Bonchev–Trinajstić information content (AvgIpc) is 3.12. The molecule has 28 heavy (non-hydrogen) atoms. The highest BCUT2D eigenvalue weighted by Gasteiger charge is 2.12. The fourth-order valence-corrected chi connectivity index (χ4v) is 1.38. The molecule has 14 nitrogen and oxygen atoms in total. The first-order valence-corrected chi connectivity index (χ1v) is 7.95. The van der Waals surface area contributed by atoms with E-state index in [2.05, 4.69) is 21.0 Å². The van der Waals surface area contributed by atoms with Crippen LogP contribution in [0.1, 0.15) is 18.5 Å². The molecule has 1 rings (SSSR count). The highest BCUT2D eigenvalue weighted by molar-refractivity contribution is 5.74. The first kappa shape index (κ1) is 27.0. The number of nitrogens with two attached hydrogens (primary N) is 4. The number of aromatic amines is 1. The van der Waals surface area contributed by atoms with Gasteiger partial charge in [0.25, 0.3) is 0 Å². The molecule has 14 N–H and O–H groups in total. The van der Waals surface area contributed by atoms with Crippen molar-refractivity contribution < 1.29 is 29.7 Å². The predicted molar refractivity (Wildman–Crippen MR) is 99.4 cm³/mol. The Bertz CT molecular complexity index is 595. The Morgan fingerprint density at radius 2 is 1.71 bits per heavy atom. The van der Waals surface area contributed by atoms with E-state index in [1.54, 1.807) is 6.20 Å². The van der Waals surface area contributed by atoms with Gasteiger partial charge in [-0.25, -0.2) is 4.98 Å². The van der Waals surface area contributed by atoms with E-state index >= 15 is 0 Å². The lowest BCUT2D eigenvalue weighted by Gasteiger charge is -2.06. The highest BCUT2D eigenvalue weighted by atomic mass is 16.4. The SMILES string of the molecule is N=C(N)NCCC[C@H](N)C(=O)O.NCC(=O)O.N[C@@H](Cc1c[nH]cn1)C(=O)O. The number of aliphatic carboxylic acids is 3. The number of nitrogens with one attached hydrogen (secondary N) is 3. The fourth-order valence-electron chi connectivity index (χ4n) is 1.38. The molecule has 0 saturated carbocycles. The molecule has 0 aliphatic carbocycles. The van der Waals surface area contributed by atoms with Crippen LogP contribution in [0.25, 0.3) is 0 Å². The van der Waals surface area contributed by atoms with E-state index in [1.807, 2.05) is 0 Å². The maximum atomic E-state index is 10.3. The molecule has 0 bridgehead atoms. The van der Waals surface area contributed by atoms with Crippen molar-refractivity contribution >= 4 is 23.9 Å². The molecule has 0 amide bonds. The molecule has 14 heteroatoms. The van der Waals surface area contributed by atoms with E-state index in [9.17, 15) is 14.4 Å². The smallest absolute Gasteiger partial charge is 0.320 e. The second-order valence-electron chi connectivity index (χ2n) is 5.23. The van der Waals surface area contributed by atoms with Crippen LogP contribution in [0.4, 0.5) is 0 Å². The van der Waals surface area contributed by atoms with Gasteiger partial charge in [-0.1, -0.05) is 0 Å². The van der Waals surface area contributed by atoms with Gasteiger partial charge < -0.3 is 48.6 Å². The van der Waals surface area contributed by atoms with Gasteiger partial charge in [-0.3, -0.25) is 19.8 Å². The number of carbonyl (C=O) groups is 3. The summed E-state index contributed by atoms with van der Waals surface area (Å²) in [5.41, 5.74) is 20.7. The van der Waals surface area contributed by atoms with Crippen LogP contribution in [0.5, 0.6) is 0 Å². The number of guanidine groups is 1. The van der Waals surface area contributed by atoms with Crippen LogP contribution < -0.4 is 28.3 Å². The molecule has 1 aromatic heterocycles. The van der Waals surface area contributed by atoms with E-state index in [0.29, 0.717) is 25.1 Å². The summed E-state index contributed by atoms with van der Waals surface area (Å²) in [4.78, 5) is 36.3. The number of hydrogen-bond acceptors (Lipinski definition) is 8. The monoisotopic (exact) mass is 404 g/mol. The van der Waals surface area contributed by atoms with E-state index in [0.717, 1.165) is 0 Å². The molecule has 0 unspecified atom stereocenters. The molecule has 160 valence electrons. The molecule has 0 aliphatic heterocycles. The number of imidazole rings is 1. The van der Waals surface area contributed by atoms with Crippen molar-refractivity contribution in [1.29, 1.82) is 5.41 Å². The molecular weight excluding hydrogens is 376 g/mol. The van der Waals surface area contributed by atoms with Crippen molar-refractivity contribution in [1.82, 2.24) is 15.3 Å². The quantitative estimate of drug-likeness (QED) is 0.112. The molecule has 0 radical (unpaired) electrons. The van der Waals surface area contributed by atoms with Gasteiger partial charge in [0.15, 0.2) is 5.96 Å². The Labute approximate surface area is 160 Å². The zero-order valence-corrected chi connectivity index (χ0v) is 15.2. The summed E-state index contributed by atoms with van der Waals surface area (Å²) < 4.78 is 0. The summed E-state index contributed by atoms with van der Waals surface area (Å²) in [6, 6.07) is -1.68. The van der Waals surface area contributed by atoms with Crippen molar-refractivity contribution in [2.75, 3.05) is 13.1 Å². The second-order valence-corrected chi connectivity index (χ2v) is 5.23. The van der Waals surface area contributed by atoms with Crippen molar-refractivity contribution in [3.8, 4) is 0 Å². The molecule has 0 fully saturated rings. The highest BCUT2D eigenvalue weighted by Crippen LogP contribution is 1.95. The number of hydrogen-bond donors (Lipinski definition) is 10. The van der Waals surface area contributed by atoms with Crippen molar-refractivity contribution in [3.05, 3.63) is 18.2 Å². The number of rotatable bonds is 9. The maximum absolute atomic E-state index is 10.3. The van der Waals surface area contributed by atoms with E-state index in [1.165, 1.54) is 6.33 Å².